The maximum absolute atomic E-state index is 12.8. The van der Waals surface area contributed by atoms with Gasteiger partial charge < -0.3 is 4.74 Å². The molecule has 0 saturated heterocycles. The van der Waals surface area contributed by atoms with Crippen molar-refractivity contribution >= 4 is 9.84 Å². The zero-order chi connectivity index (χ0) is 19.0. The molecule has 3 nitrogen and oxygen atoms in total. The van der Waals surface area contributed by atoms with Crippen LogP contribution in [0.15, 0.2) is 71.6 Å². The highest BCUT2D eigenvalue weighted by Gasteiger charge is 2.33. The highest BCUT2D eigenvalue weighted by Crippen LogP contribution is 2.26. The van der Waals surface area contributed by atoms with Crippen LogP contribution in [-0.4, -0.2) is 26.4 Å². The molecule has 0 unspecified atom stereocenters. The summed E-state index contributed by atoms with van der Waals surface area (Å²) in [4.78, 5) is 0.326. The summed E-state index contributed by atoms with van der Waals surface area (Å²) < 4.78 is 30.0. The highest BCUT2D eigenvalue weighted by molar-refractivity contribution is 7.93. The van der Waals surface area contributed by atoms with Crippen LogP contribution < -0.4 is 0 Å². The Labute approximate surface area is 156 Å². The van der Waals surface area contributed by atoms with Gasteiger partial charge in [-0.1, -0.05) is 59.9 Å². The molecule has 2 rings (SSSR count). The fraction of sp³-hybridized carbons (Fsp3) is 0.273. The maximum Gasteiger partial charge on any atom is 0.187 e. The van der Waals surface area contributed by atoms with E-state index in [0.717, 1.165) is 11.1 Å². The molecule has 0 aliphatic heterocycles. The fourth-order valence-corrected chi connectivity index (χ4v) is 3.66. The first kappa shape index (κ1) is 20.0. The average molecular weight is 368 g/mol. The van der Waals surface area contributed by atoms with Gasteiger partial charge in [0, 0.05) is 5.56 Å². The summed E-state index contributed by atoms with van der Waals surface area (Å²) in [5.41, 5.74) is 1.97. The van der Waals surface area contributed by atoms with Gasteiger partial charge >= 0.3 is 0 Å². The molecule has 0 fully saturated rings. The van der Waals surface area contributed by atoms with Crippen LogP contribution in [0.1, 0.15) is 25.0 Å². The molecule has 2 aromatic rings. The second kappa shape index (κ2) is 8.84. The molecule has 0 aliphatic carbocycles. The molecule has 0 N–H and O–H groups in total. The molecule has 4 heteroatoms. The number of rotatable bonds is 6. The molecule has 0 heterocycles. The Kier molecular flexibility index (Phi) is 6.79. The van der Waals surface area contributed by atoms with Crippen LogP contribution in [0.4, 0.5) is 0 Å². The Morgan fingerprint density at radius 3 is 2.35 bits per heavy atom. The standard InChI is InChI=1S/C22H24O3S/c1-19-12-14-21(15-13-19)26(23,24)22(2,3)16-8-18-25-17-7-11-20-9-5-4-6-10-20/h4-6,8-10,12-16H,17-18H2,1-3H3/b16-8+. The minimum absolute atomic E-state index is 0.296. The summed E-state index contributed by atoms with van der Waals surface area (Å²) in [6.07, 6.45) is 3.41. The van der Waals surface area contributed by atoms with Gasteiger partial charge in [0.15, 0.2) is 9.84 Å². The van der Waals surface area contributed by atoms with E-state index in [9.17, 15) is 8.42 Å². The fourth-order valence-electron chi connectivity index (χ4n) is 2.28. The van der Waals surface area contributed by atoms with Crippen LogP contribution >= 0.6 is 0 Å². The van der Waals surface area contributed by atoms with Crippen LogP contribution in [0.3, 0.4) is 0 Å². The Balaban J connectivity index is 1.90. The van der Waals surface area contributed by atoms with E-state index in [-0.39, 0.29) is 0 Å². The van der Waals surface area contributed by atoms with E-state index < -0.39 is 14.6 Å². The zero-order valence-electron chi connectivity index (χ0n) is 15.4. The van der Waals surface area contributed by atoms with E-state index in [1.165, 1.54) is 0 Å². The van der Waals surface area contributed by atoms with Crippen molar-refractivity contribution in [2.45, 2.75) is 30.4 Å². The molecule has 0 atom stereocenters. The molecule has 0 aromatic heterocycles. The molecular formula is C22H24O3S. The highest BCUT2D eigenvalue weighted by atomic mass is 32.2. The van der Waals surface area contributed by atoms with E-state index >= 15 is 0 Å². The van der Waals surface area contributed by atoms with Crippen LogP contribution in [-0.2, 0) is 14.6 Å². The molecule has 136 valence electrons. The molecule has 26 heavy (non-hydrogen) atoms. The normalized spacial score (nSPS) is 12.0. The van der Waals surface area contributed by atoms with Crippen LogP contribution in [0.5, 0.6) is 0 Å². The second-order valence-electron chi connectivity index (χ2n) is 6.51. The molecule has 0 saturated carbocycles. The molecule has 2 aromatic carbocycles. The van der Waals surface area contributed by atoms with E-state index in [1.54, 1.807) is 50.3 Å². The number of sulfone groups is 1. The van der Waals surface area contributed by atoms with Gasteiger partial charge in [-0.25, -0.2) is 8.42 Å². The molecule has 0 spiro atoms. The zero-order valence-corrected chi connectivity index (χ0v) is 16.2. The maximum atomic E-state index is 12.8. The first-order chi connectivity index (χ1) is 12.3. The monoisotopic (exact) mass is 368 g/mol. The second-order valence-corrected chi connectivity index (χ2v) is 9.04. The van der Waals surface area contributed by atoms with Gasteiger partial charge in [-0.05, 0) is 45.0 Å². The van der Waals surface area contributed by atoms with E-state index in [0.29, 0.717) is 18.1 Å². The summed E-state index contributed by atoms with van der Waals surface area (Å²) in [6.45, 7) is 5.92. The van der Waals surface area contributed by atoms with Crippen molar-refractivity contribution in [3.05, 3.63) is 77.9 Å². The van der Waals surface area contributed by atoms with Crippen molar-refractivity contribution in [1.82, 2.24) is 0 Å². The van der Waals surface area contributed by atoms with Gasteiger partial charge in [0.25, 0.3) is 0 Å². The average Bonchev–Trinajstić information content (AvgIpc) is 2.62. The minimum Gasteiger partial charge on any atom is -0.365 e. The molecule has 0 amide bonds. The Hall–Kier alpha value is -2.35. The summed E-state index contributed by atoms with van der Waals surface area (Å²) >= 11 is 0. The lowest BCUT2D eigenvalue weighted by atomic mass is 10.2. The largest absolute Gasteiger partial charge is 0.365 e. The van der Waals surface area contributed by atoms with E-state index in [2.05, 4.69) is 11.8 Å². The van der Waals surface area contributed by atoms with Gasteiger partial charge in [-0.3, -0.25) is 0 Å². The summed E-state index contributed by atoms with van der Waals surface area (Å²) in [5.74, 6) is 5.94. The summed E-state index contributed by atoms with van der Waals surface area (Å²) in [7, 11) is -3.46. The number of ether oxygens (including phenoxy) is 1. The molecule has 0 bridgehead atoms. The SMILES string of the molecule is Cc1ccc(S(=O)(=O)C(C)(C)/C=C/COCC#Cc2ccccc2)cc1. The van der Waals surface area contributed by atoms with Gasteiger partial charge in [-0.2, -0.15) is 0 Å². The Morgan fingerprint density at radius 1 is 1.04 bits per heavy atom. The summed E-state index contributed by atoms with van der Waals surface area (Å²) in [5, 5.41) is 0. The third-order valence-corrected chi connectivity index (χ3v) is 6.35. The Bertz CT molecular complexity index is 897. The van der Waals surface area contributed by atoms with Crippen molar-refractivity contribution in [1.29, 1.82) is 0 Å². The summed E-state index contributed by atoms with van der Waals surface area (Å²) in [6, 6.07) is 16.6. The first-order valence-corrected chi connectivity index (χ1v) is 9.92. The van der Waals surface area contributed by atoms with Gasteiger partial charge in [0.1, 0.15) is 6.61 Å². The third-order valence-electron chi connectivity index (χ3n) is 3.94. The number of benzene rings is 2. The third kappa shape index (κ3) is 5.32. The number of aryl methyl sites for hydroxylation is 1. The van der Waals surface area contributed by atoms with E-state index in [4.69, 9.17) is 4.74 Å². The van der Waals surface area contributed by atoms with Crippen molar-refractivity contribution in [2.24, 2.45) is 0 Å². The van der Waals surface area contributed by atoms with Crippen LogP contribution in [0.2, 0.25) is 0 Å². The van der Waals surface area contributed by atoms with Gasteiger partial charge in [-0.15, -0.1) is 0 Å². The van der Waals surface area contributed by atoms with Crippen LogP contribution in [0.25, 0.3) is 0 Å². The van der Waals surface area contributed by atoms with Crippen molar-refractivity contribution in [3.8, 4) is 11.8 Å². The van der Waals surface area contributed by atoms with Gasteiger partial charge in [0.05, 0.1) is 16.2 Å². The number of hydrogen-bond acceptors (Lipinski definition) is 3. The Morgan fingerprint density at radius 2 is 1.69 bits per heavy atom. The van der Waals surface area contributed by atoms with E-state index in [1.807, 2.05) is 37.3 Å². The van der Waals surface area contributed by atoms with Gasteiger partial charge in [0.2, 0.25) is 0 Å². The molecule has 0 radical (unpaired) electrons. The predicted molar refractivity (Wildman–Crippen MR) is 106 cm³/mol. The topological polar surface area (TPSA) is 43.4 Å². The lowest BCUT2D eigenvalue weighted by Gasteiger charge is -2.21. The minimum atomic E-state index is -3.46. The van der Waals surface area contributed by atoms with Crippen LogP contribution in [0, 0.1) is 18.8 Å². The molecular weight excluding hydrogens is 344 g/mol. The van der Waals surface area contributed by atoms with Crippen molar-refractivity contribution < 1.29 is 13.2 Å². The predicted octanol–water partition coefficient (Wildman–Crippen LogP) is 4.17. The quantitative estimate of drug-likeness (QED) is 0.437. The lowest BCUT2D eigenvalue weighted by Crippen LogP contribution is -2.29. The lowest BCUT2D eigenvalue weighted by molar-refractivity contribution is 0.199. The van der Waals surface area contributed by atoms with Crippen molar-refractivity contribution in [3.63, 3.8) is 0 Å². The first-order valence-electron chi connectivity index (χ1n) is 8.43. The number of hydrogen-bond donors (Lipinski definition) is 0. The smallest absolute Gasteiger partial charge is 0.187 e. The van der Waals surface area contributed by atoms with Crippen molar-refractivity contribution in [2.75, 3.05) is 13.2 Å². The molecule has 0 aliphatic rings.